The summed E-state index contributed by atoms with van der Waals surface area (Å²) in [4.78, 5) is 17.7. The van der Waals surface area contributed by atoms with Crippen molar-refractivity contribution in [2.75, 3.05) is 7.05 Å². The number of carbonyl (C=O) groups excluding carboxylic acids is 1. The summed E-state index contributed by atoms with van der Waals surface area (Å²) in [6.45, 7) is 2.50. The zero-order valence-corrected chi connectivity index (χ0v) is 10.3. The standard InChI is InChI=1S/C12H14N4O2/c1-3-9-4-5-10(13-6-9)8-16(2)12(17)11-7-14-18-15-11/h4-7H,3,8H2,1-2H3. The Kier molecular flexibility index (Phi) is 3.66. The van der Waals surface area contributed by atoms with Crippen LogP contribution in [-0.2, 0) is 13.0 Å². The number of carbonyl (C=O) groups is 1. The van der Waals surface area contributed by atoms with Crippen LogP contribution in [0.5, 0.6) is 0 Å². The number of nitrogens with zero attached hydrogens (tertiary/aromatic N) is 4. The summed E-state index contributed by atoms with van der Waals surface area (Å²) in [5.41, 5.74) is 2.20. The molecule has 0 atom stereocenters. The highest BCUT2D eigenvalue weighted by atomic mass is 16.6. The largest absolute Gasteiger partial charge is 0.334 e. The molecule has 2 heterocycles. The third-order valence-electron chi connectivity index (χ3n) is 2.62. The first-order chi connectivity index (χ1) is 8.70. The molecule has 0 saturated carbocycles. The SMILES string of the molecule is CCc1ccc(CN(C)C(=O)c2cnon2)nc1. The van der Waals surface area contributed by atoms with Crippen LogP contribution in [0.4, 0.5) is 0 Å². The summed E-state index contributed by atoms with van der Waals surface area (Å²) >= 11 is 0. The number of rotatable bonds is 4. The minimum atomic E-state index is -0.238. The lowest BCUT2D eigenvalue weighted by atomic mass is 10.2. The van der Waals surface area contributed by atoms with Gasteiger partial charge in [0.25, 0.3) is 5.91 Å². The second kappa shape index (κ2) is 5.39. The Balaban J connectivity index is 2.02. The summed E-state index contributed by atoms with van der Waals surface area (Å²) in [7, 11) is 1.69. The van der Waals surface area contributed by atoms with E-state index in [2.05, 4.69) is 26.9 Å². The van der Waals surface area contributed by atoms with Crippen molar-refractivity contribution in [3.63, 3.8) is 0 Å². The molecular weight excluding hydrogens is 232 g/mol. The number of amides is 1. The van der Waals surface area contributed by atoms with Gasteiger partial charge in [-0.3, -0.25) is 9.78 Å². The van der Waals surface area contributed by atoms with Crippen LogP contribution < -0.4 is 0 Å². The third kappa shape index (κ3) is 2.71. The van der Waals surface area contributed by atoms with Crippen LogP contribution in [0, 0.1) is 0 Å². The summed E-state index contributed by atoms with van der Waals surface area (Å²) in [5.74, 6) is -0.238. The summed E-state index contributed by atoms with van der Waals surface area (Å²) in [6, 6.07) is 3.93. The molecule has 0 aromatic carbocycles. The molecule has 0 spiro atoms. The van der Waals surface area contributed by atoms with Gasteiger partial charge in [0.05, 0.1) is 12.2 Å². The smallest absolute Gasteiger partial charge is 0.277 e. The summed E-state index contributed by atoms with van der Waals surface area (Å²) in [6.07, 6.45) is 4.07. The minimum absolute atomic E-state index is 0.197. The van der Waals surface area contributed by atoms with Gasteiger partial charge in [-0.2, -0.15) is 0 Å². The fourth-order valence-electron chi connectivity index (χ4n) is 1.53. The molecule has 2 aromatic rings. The second-order valence-corrected chi connectivity index (χ2v) is 3.97. The number of hydrogen-bond acceptors (Lipinski definition) is 5. The summed E-state index contributed by atoms with van der Waals surface area (Å²) < 4.78 is 4.40. The maximum Gasteiger partial charge on any atom is 0.277 e. The molecule has 1 amide bonds. The Morgan fingerprint density at radius 3 is 2.78 bits per heavy atom. The van der Waals surface area contributed by atoms with Gasteiger partial charge >= 0.3 is 0 Å². The van der Waals surface area contributed by atoms with E-state index in [-0.39, 0.29) is 11.6 Å². The number of hydrogen-bond donors (Lipinski definition) is 0. The molecule has 0 aliphatic rings. The van der Waals surface area contributed by atoms with Crippen LogP contribution in [-0.4, -0.2) is 33.2 Å². The van der Waals surface area contributed by atoms with Gasteiger partial charge in [0.15, 0.2) is 5.69 Å². The van der Waals surface area contributed by atoms with Crippen LogP contribution in [0.15, 0.2) is 29.2 Å². The van der Waals surface area contributed by atoms with E-state index in [9.17, 15) is 4.79 Å². The van der Waals surface area contributed by atoms with E-state index in [1.807, 2.05) is 18.3 Å². The molecule has 0 fully saturated rings. The Labute approximate surface area is 105 Å². The Hall–Kier alpha value is -2.24. The molecule has 0 N–H and O–H groups in total. The quantitative estimate of drug-likeness (QED) is 0.813. The lowest BCUT2D eigenvalue weighted by Crippen LogP contribution is -2.26. The van der Waals surface area contributed by atoms with E-state index >= 15 is 0 Å². The number of aryl methyl sites for hydroxylation is 1. The maximum atomic E-state index is 11.9. The van der Waals surface area contributed by atoms with Gasteiger partial charge in [0.2, 0.25) is 0 Å². The normalized spacial score (nSPS) is 10.3. The van der Waals surface area contributed by atoms with Crippen molar-refractivity contribution >= 4 is 5.91 Å². The molecule has 0 bridgehead atoms. The minimum Gasteiger partial charge on any atom is -0.334 e. The molecule has 0 unspecified atom stereocenters. The molecule has 6 heteroatoms. The van der Waals surface area contributed by atoms with Gasteiger partial charge in [-0.05, 0) is 23.2 Å². The van der Waals surface area contributed by atoms with Crippen LogP contribution >= 0.6 is 0 Å². The number of aromatic nitrogens is 3. The van der Waals surface area contributed by atoms with Crippen LogP contribution in [0.2, 0.25) is 0 Å². The molecule has 2 aromatic heterocycles. The van der Waals surface area contributed by atoms with E-state index in [1.165, 1.54) is 16.7 Å². The molecule has 2 rings (SSSR count). The van der Waals surface area contributed by atoms with Crippen molar-refractivity contribution in [2.24, 2.45) is 0 Å². The van der Waals surface area contributed by atoms with Crippen LogP contribution in [0.3, 0.4) is 0 Å². The molecule has 0 saturated heterocycles. The van der Waals surface area contributed by atoms with E-state index in [0.717, 1.165) is 12.1 Å². The van der Waals surface area contributed by atoms with Gasteiger partial charge in [0.1, 0.15) is 6.20 Å². The second-order valence-electron chi connectivity index (χ2n) is 3.97. The third-order valence-corrected chi connectivity index (χ3v) is 2.62. The highest BCUT2D eigenvalue weighted by Gasteiger charge is 2.15. The highest BCUT2D eigenvalue weighted by Crippen LogP contribution is 2.06. The molecule has 0 radical (unpaired) electrons. The molecular formula is C12H14N4O2. The monoisotopic (exact) mass is 246 g/mol. The topological polar surface area (TPSA) is 72.1 Å². The Morgan fingerprint density at radius 2 is 2.22 bits per heavy atom. The van der Waals surface area contributed by atoms with E-state index in [0.29, 0.717) is 6.54 Å². The highest BCUT2D eigenvalue weighted by molar-refractivity contribution is 5.91. The molecule has 0 aliphatic carbocycles. The summed E-state index contributed by atoms with van der Waals surface area (Å²) in [5, 5.41) is 6.91. The van der Waals surface area contributed by atoms with Gasteiger partial charge in [-0.15, -0.1) is 0 Å². The van der Waals surface area contributed by atoms with Gasteiger partial charge < -0.3 is 4.90 Å². The first-order valence-electron chi connectivity index (χ1n) is 5.67. The van der Waals surface area contributed by atoms with Gasteiger partial charge in [-0.25, -0.2) is 4.63 Å². The molecule has 18 heavy (non-hydrogen) atoms. The van der Waals surface area contributed by atoms with Crippen molar-refractivity contribution in [1.82, 2.24) is 20.2 Å². The van der Waals surface area contributed by atoms with Gasteiger partial charge in [-0.1, -0.05) is 18.1 Å². The average molecular weight is 246 g/mol. The molecule has 94 valence electrons. The zero-order valence-electron chi connectivity index (χ0n) is 10.3. The van der Waals surface area contributed by atoms with Crippen molar-refractivity contribution < 1.29 is 9.42 Å². The molecule has 6 nitrogen and oxygen atoms in total. The van der Waals surface area contributed by atoms with E-state index in [1.54, 1.807) is 7.05 Å². The van der Waals surface area contributed by atoms with E-state index in [4.69, 9.17) is 0 Å². The fourth-order valence-corrected chi connectivity index (χ4v) is 1.53. The first kappa shape index (κ1) is 12.2. The van der Waals surface area contributed by atoms with E-state index < -0.39 is 0 Å². The lowest BCUT2D eigenvalue weighted by Gasteiger charge is -2.14. The average Bonchev–Trinajstić information content (AvgIpc) is 2.92. The maximum absolute atomic E-state index is 11.9. The predicted octanol–water partition coefficient (Wildman–Crippen LogP) is 1.30. The van der Waals surface area contributed by atoms with Crippen molar-refractivity contribution in [2.45, 2.75) is 19.9 Å². The van der Waals surface area contributed by atoms with Crippen LogP contribution in [0.1, 0.15) is 28.7 Å². The Bertz CT molecular complexity index is 507. The van der Waals surface area contributed by atoms with Crippen molar-refractivity contribution in [3.8, 4) is 0 Å². The van der Waals surface area contributed by atoms with Crippen LogP contribution in [0.25, 0.3) is 0 Å². The first-order valence-corrected chi connectivity index (χ1v) is 5.67. The number of pyridine rings is 1. The molecule has 0 aliphatic heterocycles. The van der Waals surface area contributed by atoms with Crippen molar-refractivity contribution in [3.05, 3.63) is 41.5 Å². The predicted molar refractivity (Wildman–Crippen MR) is 63.7 cm³/mol. The zero-order chi connectivity index (χ0) is 13.0. The fraction of sp³-hybridized carbons (Fsp3) is 0.333. The van der Waals surface area contributed by atoms with Crippen molar-refractivity contribution in [1.29, 1.82) is 0 Å². The van der Waals surface area contributed by atoms with Gasteiger partial charge in [0, 0.05) is 13.2 Å². The lowest BCUT2D eigenvalue weighted by molar-refractivity contribution is 0.0772. The Morgan fingerprint density at radius 1 is 1.39 bits per heavy atom.